The van der Waals surface area contributed by atoms with Crippen LogP contribution in [0.5, 0.6) is 0 Å². The summed E-state index contributed by atoms with van der Waals surface area (Å²) in [6.45, 7) is 0. The van der Waals surface area contributed by atoms with E-state index in [1.807, 2.05) is 48.7 Å². The van der Waals surface area contributed by atoms with E-state index in [0.29, 0.717) is 5.56 Å². The summed E-state index contributed by atoms with van der Waals surface area (Å²) >= 11 is 0. The lowest BCUT2D eigenvalue weighted by Gasteiger charge is -2.29. The molecule has 9 aromatic rings. The third-order valence-electron chi connectivity index (χ3n) is 9.24. The average molecular weight is 613 g/mol. The molecule has 0 radical (unpaired) electrons. The number of nitriles is 1. The second-order valence-electron chi connectivity index (χ2n) is 12.0. The van der Waals surface area contributed by atoms with Crippen molar-refractivity contribution >= 4 is 77.3 Å². The number of hydrogen-bond donors (Lipinski definition) is 0. The fourth-order valence-corrected chi connectivity index (χ4v) is 7.05. The molecule has 0 bridgehead atoms. The number of anilines is 6. The highest BCUT2D eigenvalue weighted by Crippen LogP contribution is 2.47. The van der Waals surface area contributed by atoms with Crippen LogP contribution in [0.1, 0.15) is 5.56 Å². The van der Waals surface area contributed by atoms with Crippen molar-refractivity contribution < 1.29 is 0 Å². The van der Waals surface area contributed by atoms with Crippen molar-refractivity contribution in [3.8, 4) is 6.07 Å². The van der Waals surface area contributed by atoms with Crippen molar-refractivity contribution in [2.45, 2.75) is 0 Å². The Morgan fingerprint density at radius 3 is 1.67 bits per heavy atom. The largest absolute Gasteiger partial charge is 0.310 e. The van der Waals surface area contributed by atoms with Crippen LogP contribution in [0, 0.1) is 11.3 Å². The number of pyridine rings is 1. The van der Waals surface area contributed by atoms with Crippen LogP contribution in [0.25, 0.3) is 43.1 Å². The molecule has 9 rings (SSSR count). The summed E-state index contributed by atoms with van der Waals surface area (Å²) in [7, 11) is 0. The Morgan fingerprint density at radius 1 is 0.438 bits per heavy atom. The number of nitrogens with zero attached hydrogens (tertiary/aromatic N) is 4. The first-order chi connectivity index (χ1) is 23.8. The lowest BCUT2D eigenvalue weighted by Crippen LogP contribution is -2.12. The van der Waals surface area contributed by atoms with Crippen LogP contribution in [0.4, 0.5) is 34.3 Å². The second kappa shape index (κ2) is 11.3. The number of benzene rings is 8. The van der Waals surface area contributed by atoms with Crippen LogP contribution in [0.3, 0.4) is 0 Å². The quantitative estimate of drug-likeness (QED) is 0.175. The van der Waals surface area contributed by atoms with Crippen molar-refractivity contribution in [2.75, 3.05) is 9.80 Å². The number of rotatable bonds is 6. The van der Waals surface area contributed by atoms with Gasteiger partial charge in [-0.15, -0.1) is 0 Å². The molecule has 0 saturated carbocycles. The summed E-state index contributed by atoms with van der Waals surface area (Å²) < 4.78 is 0. The normalized spacial score (nSPS) is 11.3. The van der Waals surface area contributed by atoms with Gasteiger partial charge in [0.2, 0.25) is 0 Å². The molecule has 48 heavy (non-hydrogen) atoms. The molecular weight excluding hydrogens is 585 g/mol. The Labute approximate surface area is 278 Å². The monoisotopic (exact) mass is 612 g/mol. The molecule has 0 atom stereocenters. The number of fused-ring (bicyclic) bond motifs is 1. The van der Waals surface area contributed by atoms with Gasteiger partial charge in [-0.2, -0.15) is 5.26 Å². The van der Waals surface area contributed by atoms with Gasteiger partial charge in [-0.3, -0.25) is 4.90 Å². The molecule has 4 heteroatoms. The van der Waals surface area contributed by atoms with Crippen molar-refractivity contribution in [3.05, 3.63) is 176 Å². The summed E-state index contributed by atoms with van der Waals surface area (Å²) in [5, 5.41) is 19.0. The van der Waals surface area contributed by atoms with Crippen LogP contribution in [-0.4, -0.2) is 4.98 Å². The highest BCUT2D eigenvalue weighted by atomic mass is 15.2. The zero-order valence-corrected chi connectivity index (χ0v) is 26.0. The third kappa shape index (κ3) is 4.49. The minimum atomic E-state index is 0.638. The van der Waals surface area contributed by atoms with Gasteiger partial charge in [-0.05, 0) is 105 Å². The van der Waals surface area contributed by atoms with Gasteiger partial charge in [0.25, 0.3) is 0 Å². The number of hydrogen-bond acceptors (Lipinski definition) is 4. The predicted octanol–water partition coefficient (Wildman–Crippen LogP) is 11.9. The average Bonchev–Trinajstić information content (AvgIpc) is 3.16. The predicted molar refractivity (Wildman–Crippen MR) is 200 cm³/mol. The smallest absolute Gasteiger partial charge is 0.137 e. The van der Waals surface area contributed by atoms with Crippen molar-refractivity contribution in [2.24, 2.45) is 0 Å². The Morgan fingerprint density at radius 2 is 1.00 bits per heavy atom. The molecule has 1 heterocycles. The van der Waals surface area contributed by atoms with Gasteiger partial charge < -0.3 is 4.90 Å². The molecule has 0 saturated heterocycles. The topological polar surface area (TPSA) is 43.2 Å². The molecule has 0 aliphatic carbocycles. The Balaban J connectivity index is 1.30. The van der Waals surface area contributed by atoms with E-state index in [4.69, 9.17) is 4.98 Å². The Kier molecular flexibility index (Phi) is 6.48. The highest BCUT2D eigenvalue weighted by Gasteiger charge is 2.22. The second-order valence-corrected chi connectivity index (χ2v) is 12.0. The molecule has 1 aromatic heterocycles. The summed E-state index contributed by atoms with van der Waals surface area (Å²) in [5.74, 6) is 0.861. The van der Waals surface area contributed by atoms with Gasteiger partial charge in [-0.1, -0.05) is 91.0 Å². The van der Waals surface area contributed by atoms with E-state index in [1.165, 1.54) is 32.3 Å². The van der Waals surface area contributed by atoms with Gasteiger partial charge in [-0.25, -0.2) is 4.98 Å². The molecule has 0 amide bonds. The molecule has 0 fully saturated rings. The van der Waals surface area contributed by atoms with Gasteiger partial charge in [0, 0.05) is 34.0 Å². The molecule has 8 aromatic carbocycles. The van der Waals surface area contributed by atoms with Crippen molar-refractivity contribution in [1.82, 2.24) is 4.98 Å². The minimum Gasteiger partial charge on any atom is -0.310 e. The van der Waals surface area contributed by atoms with Crippen LogP contribution >= 0.6 is 0 Å². The zero-order valence-electron chi connectivity index (χ0n) is 26.0. The number of aromatic nitrogens is 1. The number of para-hydroxylation sites is 1. The van der Waals surface area contributed by atoms with Gasteiger partial charge in [0.05, 0.1) is 23.0 Å². The standard InChI is InChI=1S/C44H28N4/c45-29-30-13-20-36(21-14-30)47(35-10-2-1-3-11-35)40-25-18-32-17-24-39-41(26-19-33-16-23-38(40)43(32)44(33)39)48(42-12-6-7-27-46-42)37-22-15-31-8-4-5-9-34(31)28-37/h1-28H. The maximum absolute atomic E-state index is 9.48. The first-order valence-corrected chi connectivity index (χ1v) is 16.0. The van der Waals surface area contributed by atoms with E-state index in [9.17, 15) is 5.26 Å². The van der Waals surface area contributed by atoms with Crippen LogP contribution < -0.4 is 9.80 Å². The lowest BCUT2D eigenvalue weighted by molar-refractivity contribution is 1.19. The van der Waals surface area contributed by atoms with Crippen LogP contribution in [0.2, 0.25) is 0 Å². The fourth-order valence-electron chi connectivity index (χ4n) is 7.05. The molecule has 0 spiro atoms. The first-order valence-electron chi connectivity index (χ1n) is 16.0. The van der Waals surface area contributed by atoms with E-state index >= 15 is 0 Å². The third-order valence-corrected chi connectivity index (χ3v) is 9.24. The molecular formula is C44H28N4. The van der Waals surface area contributed by atoms with E-state index in [-0.39, 0.29) is 0 Å². The molecule has 4 nitrogen and oxygen atoms in total. The molecule has 0 N–H and O–H groups in total. The highest BCUT2D eigenvalue weighted by molar-refractivity contribution is 6.28. The molecule has 0 aliphatic rings. The zero-order chi connectivity index (χ0) is 32.0. The van der Waals surface area contributed by atoms with E-state index in [1.54, 1.807) is 0 Å². The Bertz CT molecular complexity index is 2620. The van der Waals surface area contributed by atoms with Gasteiger partial charge in [0.15, 0.2) is 0 Å². The first kappa shape index (κ1) is 27.6. The van der Waals surface area contributed by atoms with E-state index in [0.717, 1.165) is 45.0 Å². The Hall–Kier alpha value is -6.70. The summed E-state index contributed by atoms with van der Waals surface area (Å²) in [6, 6.07) is 59.5. The maximum Gasteiger partial charge on any atom is 0.137 e. The maximum atomic E-state index is 9.48. The van der Waals surface area contributed by atoms with E-state index in [2.05, 4.69) is 137 Å². The van der Waals surface area contributed by atoms with Crippen LogP contribution in [0.15, 0.2) is 170 Å². The van der Waals surface area contributed by atoms with Crippen molar-refractivity contribution in [1.29, 1.82) is 5.26 Å². The summed E-state index contributed by atoms with van der Waals surface area (Å²) in [4.78, 5) is 9.39. The minimum absolute atomic E-state index is 0.638. The SMILES string of the molecule is N#Cc1ccc(N(c2ccccc2)c2ccc3ccc4c(N(c5ccc6ccccc6c5)c5ccccn5)ccc5ccc2c3c54)cc1. The fraction of sp³-hybridized carbons (Fsp3) is 0. The molecule has 0 unspecified atom stereocenters. The summed E-state index contributed by atoms with van der Waals surface area (Å²) in [6.07, 6.45) is 1.85. The summed E-state index contributed by atoms with van der Waals surface area (Å²) in [5.41, 5.74) is 5.89. The molecule has 224 valence electrons. The molecule has 0 aliphatic heterocycles. The van der Waals surface area contributed by atoms with E-state index < -0.39 is 0 Å². The van der Waals surface area contributed by atoms with Crippen LogP contribution in [-0.2, 0) is 0 Å². The lowest BCUT2D eigenvalue weighted by atomic mass is 9.91. The van der Waals surface area contributed by atoms with Gasteiger partial charge in [0.1, 0.15) is 5.82 Å². The van der Waals surface area contributed by atoms with Gasteiger partial charge >= 0.3 is 0 Å². The van der Waals surface area contributed by atoms with Crippen molar-refractivity contribution in [3.63, 3.8) is 0 Å².